The van der Waals surface area contributed by atoms with Crippen LogP contribution in [0.1, 0.15) is 43.2 Å². The minimum absolute atomic E-state index is 0.0214. The fourth-order valence-corrected chi connectivity index (χ4v) is 2.68. The molecule has 0 saturated carbocycles. The van der Waals surface area contributed by atoms with E-state index in [0.717, 1.165) is 0 Å². The summed E-state index contributed by atoms with van der Waals surface area (Å²) < 4.78 is 27.5. The molecule has 22 heavy (non-hydrogen) atoms. The van der Waals surface area contributed by atoms with Gasteiger partial charge in [0, 0.05) is 25.0 Å². The molecule has 1 atom stereocenters. The van der Waals surface area contributed by atoms with E-state index in [-0.39, 0.29) is 23.7 Å². The molecule has 2 N–H and O–H groups in total. The molecule has 126 valence electrons. The normalized spacial score (nSPS) is 14.4. The standard InChI is InChI=1S/C14H23F2N3O2S/c1-9(2)5-19-6-10(12(15)16)11(18-19)13(20)17-7-14(3,21)8-22-4/h6,9,12,21H,5,7-8H2,1-4H3,(H,17,20). The molecule has 0 radical (unpaired) electrons. The van der Waals surface area contributed by atoms with E-state index in [2.05, 4.69) is 10.4 Å². The predicted octanol–water partition coefficient (Wildman–Crippen LogP) is 2.32. The van der Waals surface area contributed by atoms with Crippen molar-refractivity contribution in [2.75, 3.05) is 18.6 Å². The fourth-order valence-electron chi connectivity index (χ4n) is 1.96. The summed E-state index contributed by atoms with van der Waals surface area (Å²) >= 11 is 1.43. The van der Waals surface area contributed by atoms with E-state index in [0.29, 0.717) is 12.3 Å². The van der Waals surface area contributed by atoms with Gasteiger partial charge in [0.15, 0.2) is 5.69 Å². The van der Waals surface area contributed by atoms with E-state index in [1.807, 2.05) is 20.1 Å². The lowest BCUT2D eigenvalue weighted by Gasteiger charge is -2.22. The number of hydrogen-bond donors (Lipinski definition) is 2. The summed E-state index contributed by atoms with van der Waals surface area (Å²) in [5, 5.41) is 16.4. The van der Waals surface area contributed by atoms with Crippen LogP contribution in [-0.4, -0.2) is 44.9 Å². The number of nitrogens with zero attached hydrogens (tertiary/aromatic N) is 2. The number of rotatable bonds is 8. The molecular formula is C14H23F2N3O2S. The van der Waals surface area contributed by atoms with Gasteiger partial charge in [0.25, 0.3) is 12.3 Å². The number of carbonyl (C=O) groups is 1. The Labute approximate surface area is 133 Å². The lowest BCUT2D eigenvalue weighted by molar-refractivity contribution is 0.0717. The number of carbonyl (C=O) groups excluding carboxylic acids is 1. The first-order valence-corrected chi connectivity index (χ1v) is 8.40. The van der Waals surface area contributed by atoms with E-state index in [4.69, 9.17) is 0 Å². The predicted molar refractivity (Wildman–Crippen MR) is 83.4 cm³/mol. The zero-order valence-electron chi connectivity index (χ0n) is 13.3. The van der Waals surface area contributed by atoms with Gasteiger partial charge in [0.05, 0.1) is 11.2 Å². The fraction of sp³-hybridized carbons (Fsp3) is 0.714. The SMILES string of the molecule is CSCC(C)(O)CNC(=O)c1nn(CC(C)C)cc1C(F)F. The second-order valence-corrected chi connectivity index (χ2v) is 6.83. The molecule has 5 nitrogen and oxygen atoms in total. The number of thioether (sulfide) groups is 1. The molecule has 0 fully saturated rings. The number of nitrogens with one attached hydrogen (secondary N) is 1. The van der Waals surface area contributed by atoms with Crippen molar-refractivity contribution in [3.8, 4) is 0 Å². The maximum absolute atomic E-state index is 13.0. The van der Waals surface area contributed by atoms with Gasteiger partial charge in [-0.25, -0.2) is 8.78 Å². The highest BCUT2D eigenvalue weighted by Gasteiger charge is 2.26. The zero-order chi connectivity index (χ0) is 16.9. The molecule has 1 rings (SSSR count). The quantitative estimate of drug-likeness (QED) is 0.765. The molecule has 1 amide bonds. The molecule has 1 aromatic rings. The van der Waals surface area contributed by atoms with Crippen molar-refractivity contribution in [2.45, 2.75) is 39.3 Å². The van der Waals surface area contributed by atoms with Gasteiger partial charge in [-0.2, -0.15) is 16.9 Å². The van der Waals surface area contributed by atoms with Crippen molar-refractivity contribution in [1.29, 1.82) is 0 Å². The second kappa shape index (κ2) is 7.92. The number of hydrogen-bond acceptors (Lipinski definition) is 4. The van der Waals surface area contributed by atoms with Gasteiger partial charge in [-0.3, -0.25) is 9.48 Å². The third-order valence-corrected chi connectivity index (χ3v) is 3.79. The summed E-state index contributed by atoms with van der Waals surface area (Å²) in [6, 6.07) is 0. The summed E-state index contributed by atoms with van der Waals surface area (Å²) in [5.74, 6) is -0.0422. The first-order valence-electron chi connectivity index (χ1n) is 7.01. The summed E-state index contributed by atoms with van der Waals surface area (Å²) in [6.07, 6.45) is 0.270. The number of alkyl halides is 2. The average Bonchev–Trinajstić information content (AvgIpc) is 2.79. The number of aromatic nitrogens is 2. The maximum atomic E-state index is 13.0. The lowest BCUT2D eigenvalue weighted by Crippen LogP contribution is -2.42. The van der Waals surface area contributed by atoms with E-state index in [1.54, 1.807) is 6.92 Å². The highest BCUT2D eigenvalue weighted by Crippen LogP contribution is 2.22. The monoisotopic (exact) mass is 335 g/mol. The molecule has 0 saturated heterocycles. The van der Waals surface area contributed by atoms with Gasteiger partial charge in [-0.1, -0.05) is 13.8 Å². The molecule has 0 aliphatic rings. The molecular weight excluding hydrogens is 312 g/mol. The number of halogens is 2. The van der Waals surface area contributed by atoms with Crippen LogP contribution in [-0.2, 0) is 6.54 Å². The van der Waals surface area contributed by atoms with Crippen LogP contribution in [0.3, 0.4) is 0 Å². The highest BCUT2D eigenvalue weighted by molar-refractivity contribution is 7.98. The highest BCUT2D eigenvalue weighted by atomic mass is 32.2. The summed E-state index contributed by atoms with van der Waals surface area (Å²) in [7, 11) is 0. The minimum Gasteiger partial charge on any atom is -0.387 e. The Morgan fingerprint density at radius 2 is 2.18 bits per heavy atom. The smallest absolute Gasteiger partial charge is 0.272 e. The molecule has 0 aromatic carbocycles. The molecule has 0 aliphatic heterocycles. The zero-order valence-corrected chi connectivity index (χ0v) is 14.1. The van der Waals surface area contributed by atoms with Crippen LogP contribution in [0, 0.1) is 5.92 Å². The Bertz CT molecular complexity index is 504. The molecule has 0 spiro atoms. The van der Waals surface area contributed by atoms with E-state index >= 15 is 0 Å². The molecule has 1 unspecified atom stereocenters. The van der Waals surface area contributed by atoms with Gasteiger partial charge in [-0.05, 0) is 19.1 Å². The summed E-state index contributed by atoms with van der Waals surface area (Å²) in [6.45, 7) is 5.88. The van der Waals surface area contributed by atoms with Gasteiger partial charge in [0.1, 0.15) is 0 Å². The molecule has 0 aliphatic carbocycles. The average molecular weight is 335 g/mol. The first-order chi connectivity index (χ1) is 10.2. The van der Waals surface area contributed by atoms with Crippen LogP contribution in [0.4, 0.5) is 8.78 Å². The van der Waals surface area contributed by atoms with Crippen LogP contribution in [0.15, 0.2) is 6.20 Å². The molecule has 8 heteroatoms. The molecule has 1 aromatic heterocycles. The van der Waals surface area contributed by atoms with Crippen LogP contribution in [0.25, 0.3) is 0 Å². The molecule has 0 bridgehead atoms. The maximum Gasteiger partial charge on any atom is 0.272 e. The Balaban J connectivity index is 2.85. The summed E-state index contributed by atoms with van der Waals surface area (Å²) in [5.41, 5.74) is -1.76. The Hall–Kier alpha value is -1.15. The third-order valence-electron chi connectivity index (χ3n) is 2.88. The third kappa shape index (κ3) is 5.57. The van der Waals surface area contributed by atoms with Crippen LogP contribution >= 0.6 is 11.8 Å². The first kappa shape index (κ1) is 18.9. The van der Waals surface area contributed by atoms with Crippen molar-refractivity contribution in [1.82, 2.24) is 15.1 Å². The van der Waals surface area contributed by atoms with E-state index in [9.17, 15) is 18.7 Å². The largest absolute Gasteiger partial charge is 0.387 e. The van der Waals surface area contributed by atoms with Gasteiger partial charge >= 0.3 is 0 Å². The molecule has 1 heterocycles. The van der Waals surface area contributed by atoms with Crippen molar-refractivity contribution in [2.24, 2.45) is 5.92 Å². The van der Waals surface area contributed by atoms with Crippen molar-refractivity contribution in [3.05, 3.63) is 17.5 Å². The second-order valence-electron chi connectivity index (χ2n) is 5.96. The lowest BCUT2D eigenvalue weighted by atomic mass is 10.1. The van der Waals surface area contributed by atoms with Gasteiger partial charge in [-0.15, -0.1) is 0 Å². The number of aliphatic hydroxyl groups is 1. The van der Waals surface area contributed by atoms with Crippen molar-refractivity contribution < 1.29 is 18.7 Å². The van der Waals surface area contributed by atoms with Crippen molar-refractivity contribution >= 4 is 17.7 Å². The van der Waals surface area contributed by atoms with Crippen LogP contribution in [0.2, 0.25) is 0 Å². The minimum atomic E-state index is -2.77. The Morgan fingerprint density at radius 1 is 1.55 bits per heavy atom. The number of amides is 1. The van der Waals surface area contributed by atoms with Crippen molar-refractivity contribution in [3.63, 3.8) is 0 Å². The summed E-state index contributed by atoms with van der Waals surface area (Å²) in [4.78, 5) is 12.1. The van der Waals surface area contributed by atoms with Gasteiger partial charge < -0.3 is 10.4 Å². The van der Waals surface area contributed by atoms with Crippen LogP contribution < -0.4 is 5.32 Å². The Morgan fingerprint density at radius 3 is 2.68 bits per heavy atom. The van der Waals surface area contributed by atoms with Gasteiger partial charge in [0.2, 0.25) is 0 Å². The van der Waals surface area contributed by atoms with E-state index in [1.165, 1.54) is 22.6 Å². The van der Waals surface area contributed by atoms with E-state index < -0.39 is 17.9 Å². The topological polar surface area (TPSA) is 67.2 Å². The Kier molecular flexibility index (Phi) is 6.80. The van der Waals surface area contributed by atoms with Crippen LogP contribution in [0.5, 0.6) is 0 Å².